The number of aliphatic hydroxyl groups is 1. The highest BCUT2D eigenvalue weighted by Gasteiger charge is 2.31. The quantitative estimate of drug-likeness (QED) is 0.863. The number of fused-ring (bicyclic) bond motifs is 1. The van der Waals surface area contributed by atoms with Crippen molar-refractivity contribution >= 4 is 5.91 Å². The summed E-state index contributed by atoms with van der Waals surface area (Å²) in [5, 5.41) is 13.0. The van der Waals surface area contributed by atoms with Crippen LogP contribution >= 0.6 is 0 Å². The van der Waals surface area contributed by atoms with Gasteiger partial charge >= 0.3 is 0 Å². The first-order chi connectivity index (χ1) is 10.1. The summed E-state index contributed by atoms with van der Waals surface area (Å²) in [6.45, 7) is 4.17. The summed E-state index contributed by atoms with van der Waals surface area (Å²) in [7, 11) is 0. The number of aliphatic hydroxyl groups excluding tert-OH is 1. The predicted octanol–water partition coefficient (Wildman–Crippen LogP) is 1.32. The van der Waals surface area contributed by atoms with Crippen molar-refractivity contribution in [1.82, 2.24) is 10.2 Å². The fraction of sp³-hybridized carbons (Fsp3) is 0.588. The van der Waals surface area contributed by atoms with Gasteiger partial charge in [0.15, 0.2) is 0 Å². The third-order valence-electron chi connectivity index (χ3n) is 4.91. The van der Waals surface area contributed by atoms with E-state index in [0.717, 1.165) is 38.9 Å². The topological polar surface area (TPSA) is 52.6 Å². The van der Waals surface area contributed by atoms with Crippen LogP contribution in [0.1, 0.15) is 30.9 Å². The second-order valence-electron chi connectivity index (χ2n) is 6.31. The highest BCUT2D eigenvalue weighted by molar-refractivity contribution is 5.82. The summed E-state index contributed by atoms with van der Waals surface area (Å²) in [5.74, 6) is 0.558. The Bertz CT molecular complexity index is 507. The number of piperidine rings is 1. The molecule has 4 heteroatoms. The minimum Gasteiger partial charge on any atom is -0.393 e. The number of hydrogen-bond acceptors (Lipinski definition) is 3. The summed E-state index contributed by atoms with van der Waals surface area (Å²) < 4.78 is 0. The van der Waals surface area contributed by atoms with Crippen LogP contribution in [-0.2, 0) is 17.8 Å². The lowest BCUT2D eigenvalue weighted by Crippen LogP contribution is -2.52. The van der Waals surface area contributed by atoms with Crippen LogP contribution < -0.4 is 5.32 Å². The number of carbonyl (C=O) groups excluding carboxylic acids is 1. The Balaban J connectivity index is 1.60. The van der Waals surface area contributed by atoms with E-state index in [1.807, 2.05) is 24.0 Å². The molecule has 0 spiro atoms. The largest absolute Gasteiger partial charge is 0.393 e. The van der Waals surface area contributed by atoms with Gasteiger partial charge in [-0.3, -0.25) is 4.79 Å². The van der Waals surface area contributed by atoms with Crippen LogP contribution in [0.3, 0.4) is 0 Å². The third kappa shape index (κ3) is 3.11. The fourth-order valence-electron chi connectivity index (χ4n) is 3.45. The van der Waals surface area contributed by atoms with Gasteiger partial charge in [0, 0.05) is 19.6 Å². The first-order valence-corrected chi connectivity index (χ1v) is 7.92. The molecular formula is C17H24N2O2. The van der Waals surface area contributed by atoms with Gasteiger partial charge in [0.25, 0.3) is 0 Å². The highest BCUT2D eigenvalue weighted by Crippen LogP contribution is 2.23. The molecule has 1 amide bonds. The molecule has 4 nitrogen and oxygen atoms in total. The fourth-order valence-corrected chi connectivity index (χ4v) is 3.45. The molecule has 1 aromatic carbocycles. The number of hydrogen-bond donors (Lipinski definition) is 2. The molecule has 1 aromatic rings. The molecule has 1 saturated heterocycles. The molecule has 0 bridgehead atoms. The maximum atomic E-state index is 12.6. The summed E-state index contributed by atoms with van der Waals surface area (Å²) in [5.41, 5.74) is 2.59. The first kappa shape index (κ1) is 14.5. The molecular weight excluding hydrogens is 264 g/mol. The van der Waals surface area contributed by atoms with E-state index in [-0.39, 0.29) is 18.1 Å². The van der Waals surface area contributed by atoms with Crippen molar-refractivity contribution in [2.75, 3.05) is 13.1 Å². The molecule has 0 radical (unpaired) electrons. The monoisotopic (exact) mass is 288 g/mol. The molecule has 0 aliphatic carbocycles. The van der Waals surface area contributed by atoms with Gasteiger partial charge in [-0.05, 0) is 43.2 Å². The Morgan fingerprint density at radius 3 is 2.62 bits per heavy atom. The molecule has 3 rings (SSSR count). The Morgan fingerprint density at radius 1 is 1.29 bits per heavy atom. The van der Waals surface area contributed by atoms with E-state index in [1.54, 1.807) is 0 Å². The highest BCUT2D eigenvalue weighted by atomic mass is 16.3. The zero-order valence-corrected chi connectivity index (χ0v) is 12.6. The lowest BCUT2D eigenvalue weighted by Gasteiger charge is -2.36. The Labute approximate surface area is 126 Å². The maximum absolute atomic E-state index is 12.6. The molecule has 0 aromatic heterocycles. The SMILES string of the molecule is C[C@@H](O)C1CCN(C(=O)[C@H]2Cc3ccccc3CN2)CC1. The van der Waals surface area contributed by atoms with Gasteiger partial charge in [-0.15, -0.1) is 0 Å². The summed E-state index contributed by atoms with van der Waals surface area (Å²) in [6.07, 6.45) is 2.34. The number of carbonyl (C=O) groups is 1. The number of nitrogens with zero attached hydrogens (tertiary/aromatic N) is 1. The molecule has 2 aliphatic rings. The van der Waals surface area contributed by atoms with Crippen molar-refractivity contribution in [2.24, 2.45) is 5.92 Å². The van der Waals surface area contributed by atoms with E-state index in [9.17, 15) is 9.90 Å². The van der Waals surface area contributed by atoms with Gasteiger partial charge in [0.2, 0.25) is 5.91 Å². The molecule has 21 heavy (non-hydrogen) atoms. The number of amides is 1. The van der Waals surface area contributed by atoms with E-state index in [0.29, 0.717) is 5.92 Å². The molecule has 2 heterocycles. The molecule has 0 unspecified atom stereocenters. The molecule has 2 atom stereocenters. The molecule has 2 aliphatic heterocycles. The van der Waals surface area contributed by atoms with Gasteiger partial charge in [-0.2, -0.15) is 0 Å². The van der Waals surface area contributed by atoms with Crippen molar-refractivity contribution in [1.29, 1.82) is 0 Å². The number of benzene rings is 1. The van der Waals surface area contributed by atoms with Gasteiger partial charge in [-0.1, -0.05) is 24.3 Å². The molecule has 1 fully saturated rings. The first-order valence-electron chi connectivity index (χ1n) is 7.92. The van der Waals surface area contributed by atoms with Gasteiger partial charge in [0.1, 0.15) is 0 Å². The van der Waals surface area contributed by atoms with Crippen molar-refractivity contribution in [3.05, 3.63) is 35.4 Å². The Hall–Kier alpha value is -1.39. The predicted molar refractivity (Wildman–Crippen MR) is 81.8 cm³/mol. The van der Waals surface area contributed by atoms with Crippen LogP contribution in [0.5, 0.6) is 0 Å². The zero-order valence-electron chi connectivity index (χ0n) is 12.6. The van der Waals surface area contributed by atoms with E-state index in [2.05, 4.69) is 17.4 Å². The van der Waals surface area contributed by atoms with E-state index >= 15 is 0 Å². The van der Waals surface area contributed by atoms with E-state index in [1.165, 1.54) is 11.1 Å². The van der Waals surface area contributed by atoms with Crippen LogP contribution in [0, 0.1) is 5.92 Å². The average molecular weight is 288 g/mol. The second kappa shape index (κ2) is 6.16. The number of likely N-dealkylation sites (tertiary alicyclic amines) is 1. The standard InChI is InChI=1S/C17H24N2O2/c1-12(20)13-6-8-19(9-7-13)17(21)16-10-14-4-2-3-5-15(14)11-18-16/h2-5,12-13,16,18,20H,6-11H2,1H3/t12-,16-/m1/s1. The lowest BCUT2D eigenvalue weighted by atomic mass is 9.90. The number of nitrogens with one attached hydrogen (secondary N) is 1. The minimum atomic E-state index is -0.262. The molecule has 2 N–H and O–H groups in total. The summed E-state index contributed by atoms with van der Waals surface area (Å²) in [4.78, 5) is 14.6. The lowest BCUT2D eigenvalue weighted by molar-refractivity contribution is -0.135. The average Bonchev–Trinajstić information content (AvgIpc) is 2.54. The molecule has 114 valence electrons. The smallest absolute Gasteiger partial charge is 0.240 e. The number of rotatable bonds is 2. The van der Waals surface area contributed by atoms with Crippen molar-refractivity contribution in [2.45, 2.75) is 44.9 Å². The van der Waals surface area contributed by atoms with Gasteiger partial charge < -0.3 is 15.3 Å². The van der Waals surface area contributed by atoms with Crippen molar-refractivity contribution in [3.63, 3.8) is 0 Å². The van der Waals surface area contributed by atoms with Crippen LogP contribution in [0.25, 0.3) is 0 Å². The van der Waals surface area contributed by atoms with Crippen LogP contribution in [0.15, 0.2) is 24.3 Å². The summed E-state index contributed by atoms with van der Waals surface area (Å²) in [6, 6.07) is 8.24. The van der Waals surface area contributed by atoms with Gasteiger partial charge in [0.05, 0.1) is 12.1 Å². The summed E-state index contributed by atoms with van der Waals surface area (Å²) >= 11 is 0. The zero-order chi connectivity index (χ0) is 14.8. The van der Waals surface area contributed by atoms with E-state index < -0.39 is 0 Å². The third-order valence-corrected chi connectivity index (χ3v) is 4.91. The van der Waals surface area contributed by atoms with Crippen LogP contribution in [0.4, 0.5) is 0 Å². The van der Waals surface area contributed by atoms with Crippen LogP contribution in [-0.4, -0.2) is 41.1 Å². The Morgan fingerprint density at radius 2 is 1.95 bits per heavy atom. The molecule has 0 saturated carbocycles. The normalized spacial score (nSPS) is 24.5. The Kier molecular flexibility index (Phi) is 4.27. The van der Waals surface area contributed by atoms with Crippen molar-refractivity contribution in [3.8, 4) is 0 Å². The van der Waals surface area contributed by atoms with Crippen LogP contribution in [0.2, 0.25) is 0 Å². The van der Waals surface area contributed by atoms with E-state index in [4.69, 9.17) is 0 Å². The van der Waals surface area contributed by atoms with Crippen molar-refractivity contribution < 1.29 is 9.90 Å². The second-order valence-corrected chi connectivity index (χ2v) is 6.31. The minimum absolute atomic E-state index is 0.0944. The maximum Gasteiger partial charge on any atom is 0.240 e. The van der Waals surface area contributed by atoms with Gasteiger partial charge in [-0.25, -0.2) is 0 Å².